The van der Waals surface area contributed by atoms with Gasteiger partial charge in [0.05, 0.1) is 12.1 Å². The van der Waals surface area contributed by atoms with E-state index < -0.39 is 0 Å². The number of fused-ring (bicyclic) bond motifs is 1. The zero-order valence-corrected chi connectivity index (χ0v) is 16.4. The fourth-order valence-corrected chi connectivity index (χ4v) is 5.47. The summed E-state index contributed by atoms with van der Waals surface area (Å²) >= 11 is 3.31. The van der Waals surface area contributed by atoms with E-state index in [0.29, 0.717) is 12.1 Å². The van der Waals surface area contributed by atoms with Crippen LogP contribution in [0, 0.1) is 18.3 Å². The molecule has 0 spiro atoms. The molecule has 0 bridgehead atoms. The van der Waals surface area contributed by atoms with E-state index in [9.17, 15) is 10.1 Å². The van der Waals surface area contributed by atoms with Crippen molar-refractivity contribution in [1.82, 2.24) is 4.90 Å². The summed E-state index contributed by atoms with van der Waals surface area (Å²) in [5.41, 5.74) is 3.13. The van der Waals surface area contributed by atoms with Gasteiger partial charge in [0.2, 0.25) is 5.91 Å². The van der Waals surface area contributed by atoms with E-state index in [0.717, 1.165) is 30.8 Å². The molecule has 0 radical (unpaired) electrons. The van der Waals surface area contributed by atoms with E-state index >= 15 is 0 Å². The second kappa shape index (κ2) is 8.13. The molecule has 0 aliphatic heterocycles. The van der Waals surface area contributed by atoms with Gasteiger partial charge in [0.15, 0.2) is 0 Å². The molecule has 1 N–H and O–H groups in total. The molecule has 6 heteroatoms. The van der Waals surface area contributed by atoms with E-state index in [2.05, 4.69) is 29.8 Å². The zero-order valence-electron chi connectivity index (χ0n) is 14.7. The van der Waals surface area contributed by atoms with Gasteiger partial charge in [-0.25, -0.2) is 0 Å². The molecule has 1 aliphatic carbocycles. The van der Waals surface area contributed by atoms with Gasteiger partial charge >= 0.3 is 0 Å². The van der Waals surface area contributed by atoms with Crippen LogP contribution < -0.4 is 5.32 Å². The molecule has 0 atom stereocenters. The Morgan fingerprint density at radius 1 is 1.36 bits per heavy atom. The standard InChI is InChI=1S/C19H23N3OS2/c1-13-8-9-24-17(13)11-22(2)12-18(23)21-19-15(10-20)14-6-4-3-5-7-16(14)25-19/h8-9H,3-7,11-12H2,1-2H3,(H,21,23). The van der Waals surface area contributed by atoms with Crippen molar-refractivity contribution in [3.05, 3.63) is 37.9 Å². The predicted molar refractivity (Wildman–Crippen MR) is 104 cm³/mol. The largest absolute Gasteiger partial charge is 0.315 e. The number of hydrogen-bond donors (Lipinski definition) is 1. The number of aryl methyl sites for hydroxylation is 2. The van der Waals surface area contributed by atoms with Crippen molar-refractivity contribution in [3.63, 3.8) is 0 Å². The van der Waals surface area contributed by atoms with E-state index in [1.165, 1.54) is 33.7 Å². The maximum absolute atomic E-state index is 12.4. The van der Waals surface area contributed by atoms with Crippen molar-refractivity contribution >= 4 is 33.6 Å². The summed E-state index contributed by atoms with van der Waals surface area (Å²) in [5, 5.41) is 15.3. The number of nitrogens with zero attached hydrogens (tertiary/aromatic N) is 2. The molecule has 0 fully saturated rings. The molecule has 3 rings (SSSR count). The normalized spacial score (nSPS) is 14.0. The van der Waals surface area contributed by atoms with Gasteiger partial charge in [-0.05, 0) is 62.2 Å². The van der Waals surface area contributed by atoms with Crippen LogP contribution in [-0.4, -0.2) is 24.4 Å². The molecule has 0 saturated carbocycles. The minimum Gasteiger partial charge on any atom is -0.315 e. The lowest BCUT2D eigenvalue weighted by Crippen LogP contribution is -2.29. The average molecular weight is 374 g/mol. The van der Waals surface area contributed by atoms with E-state index in [-0.39, 0.29) is 5.91 Å². The Labute approximate surface area is 157 Å². The topological polar surface area (TPSA) is 56.1 Å². The molecule has 2 heterocycles. The first-order valence-electron chi connectivity index (χ1n) is 8.64. The summed E-state index contributed by atoms with van der Waals surface area (Å²) in [6.45, 7) is 3.19. The number of carbonyl (C=O) groups excluding carboxylic acids is 1. The first kappa shape index (κ1) is 18.1. The maximum atomic E-state index is 12.4. The van der Waals surface area contributed by atoms with Gasteiger partial charge in [0, 0.05) is 16.3 Å². The maximum Gasteiger partial charge on any atom is 0.239 e. The van der Waals surface area contributed by atoms with Crippen molar-refractivity contribution in [2.45, 2.75) is 45.6 Å². The second-order valence-corrected chi connectivity index (χ2v) is 8.73. The Kier molecular flexibility index (Phi) is 5.89. The molecule has 0 aromatic carbocycles. The van der Waals surface area contributed by atoms with Crippen LogP contribution in [0.25, 0.3) is 0 Å². The number of nitrogens with one attached hydrogen (secondary N) is 1. The number of hydrogen-bond acceptors (Lipinski definition) is 5. The second-order valence-electron chi connectivity index (χ2n) is 6.63. The summed E-state index contributed by atoms with van der Waals surface area (Å²) in [7, 11) is 1.95. The minimum atomic E-state index is -0.0513. The molecule has 2 aromatic rings. The van der Waals surface area contributed by atoms with E-state index in [1.807, 2.05) is 11.9 Å². The van der Waals surface area contributed by atoms with Gasteiger partial charge in [0.25, 0.3) is 0 Å². The third-order valence-electron chi connectivity index (χ3n) is 4.58. The van der Waals surface area contributed by atoms with E-state index in [4.69, 9.17) is 0 Å². The highest BCUT2D eigenvalue weighted by Gasteiger charge is 2.21. The predicted octanol–water partition coefficient (Wildman–Crippen LogP) is 4.33. The molecule has 132 valence electrons. The van der Waals surface area contributed by atoms with Crippen LogP contribution in [0.15, 0.2) is 11.4 Å². The lowest BCUT2D eigenvalue weighted by molar-refractivity contribution is -0.117. The summed E-state index contributed by atoms with van der Waals surface area (Å²) in [5.74, 6) is -0.0513. The fourth-order valence-electron chi connectivity index (χ4n) is 3.23. The van der Waals surface area contributed by atoms with Crippen LogP contribution in [-0.2, 0) is 24.2 Å². The summed E-state index contributed by atoms with van der Waals surface area (Å²) in [6.07, 6.45) is 5.52. The van der Waals surface area contributed by atoms with Crippen LogP contribution in [0.5, 0.6) is 0 Å². The highest BCUT2D eigenvalue weighted by molar-refractivity contribution is 7.16. The molecule has 25 heavy (non-hydrogen) atoms. The third-order valence-corrected chi connectivity index (χ3v) is 6.80. The Hall–Kier alpha value is -1.68. The Balaban J connectivity index is 1.65. The van der Waals surface area contributed by atoms with Crippen molar-refractivity contribution in [2.24, 2.45) is 0 Å². The SMILES string of the molecule is Cc1ccsc1CN(C)CC(=O)Nc1sc2c(c1C#N)CCCCC2. The quantitative estimate of drug-likeness (QED) is 0.794. The average Bonchev–Trinajstić information content (AvgIpc) is 3.02. The minimum absolute atomic E-state index is 0.0513. The van der Waals surface area contributed by atoms with Crippen LogP contribution in [0.2, 0.25) is 0 Å². The lowest BCUT2D eigenvalue weighted by Gasteiger charge is -2.15. The monoisotopic (exact) mass is 373 g/mol. The van der Waals surface area contributed by atoms with Crippen molar-refractivity contribution in [3.8, 4) is 6.07 Å². The molecular weight excluding hydrogens is 350 g/mol. The first-order valence-corrected chi connectivity index (χ1v) is 10.3. The van der Waals surface area contributed by atoms with Crippen molar-refractivity contribution < 1.29 is 4.79 Å². The van der Waals surface area contributed by atoms with Crippen LogP contribution in [0.4, 0.5) is 5.00 Å². The molecule has 0 saturated heterocycles. The van der Waals surface area contributed by atoms with Gasteiger partial charge in [0.1, 0.15) is 11.1 Å². The summed E-state index contributed by atoms with van der Waals surface area (Å²) < 4.78 is 0. The highest BCUT2D eigenvalue weighted by Crippen LogP contribution is 2.36. The highest BCUT2D eigenvalue weighted by atomic mass is 32.1. The van der Waals surface area contributed by atoms with Gasteiger partial charge in [-0.3, -0.25) is 9.69 Å². The van der Waals surface area contributed by atoms with Gasteiger partial charge < -0.3 is 5.32 Å². The smallest absolute Gasteiger partial charge is 0.239 e. The zero-order chi connectivity index (χ0) is 17.8. The number of rotatable bonds is 5. The molecule has 0 unspecified atom stereocenters. The summed E-state index contributed by atoms with van der Waals surface area (Å²) in [4.78, 5) is 17.0. The summed E-state index contributed by atoms with van der Waals surface area (Å²) in [6, 6.07) is 4.42. The molecule has 1 aliphatic rings. The number of carbonyl (C=O) groups is 1. The van der Waals surface area contributed by atoms with Gasteiger partial charge in [-0.2, -0.15) is 5.26 Å². The van der Waals surface area contributed by atoms with Crippen LogP contribution >= 0.6 is 22.7 Å². The molecule has 4 nitrogen and oxygen atoms in total. The fraction of sp³-hybridized carbons (Fsp3) is 0.474. The number of thiophene rings is 2. The number of nitriles is 1. The van der Waals surface area contributed by atoms with E-state index in [1.54, 1.807) is 22.7 Å². The first-order chi connectivity index (χ1) is 12.1. The number of amides is 1. The van der Waals surface area contributed by atoms with Gasteiger partial charge in [-0.1, -0.05) is 6.42 Å². The number of likely N-dealkylation sites (N-methyl/N-ethyl adjacent to an activating group) is 1. The van der Waals surface area contributed by atoms with Crippen molar-refractivity contribution in [1.29, 1.82) is 5.26 Å². The Bertz CT molecular complexity index is 800. The van der Waals surface area contributed by atoms with Crippen LogP contribution in [0.3, 0.4) is 0 Å². The Morgan fingerprint density at radius 3 is 2.88 bits per heavy atom. The third kappa shape index (κ3) is 4.30. The number of anilines is 1. The van der Waals surface area contributed by atoms with Crippen LogP contribution in [0.1, 0.15) is 45.7 Å². The molecular formula is C19H23N3OS2. The van der Waals surface area contributed by atoms with Gasteiger partial charge in [-0.15, -0.1) is 22.7 Å². The lowest BCUT2D eigenvalue weighted by atomic mass is 10.1. The Morgan fingerprint density at radius 2 is 2.16 bits per heavy atom. The van der Waals surface area contributed by atoms with Crippen molar-refractivity contribution in [2.75, 3.05) is 18.9 Å². The molecule has 2 aromatic heterocycles. The molecule has 1 amide bonds.